The SMILES string of the molecule is Cc1nn(C)c(C)c1CCC(=O)N1CCC[C@@H](c2n[nH]c(C3CC3)n2)C1. The van der Waals surface area contributed by atoms with Crippen LogP contribution in [0, 0.1) is 13.8 Å². The number of hydrogen-bond acceptors (Lipinski definition) is 4. The third-order valence-electron chi connectivity index (χ3n) is 5.87. The van der Waals surface area contributed by atoms with E-state index < -0.39 is 0 Å². The summed E-state index contributed by atoms with van der Waals surface area (Å²) in [6, 6.07) is 0. The van der Waals surface area contributed by atoms with Gasteiger partial charge in [-0.15, -0.1) is 0 Å². The zero-order chi connectivity index (χ0) is 18.3. The van der Waals surface area contributed by atoms with E-state index in [0.717, 1.165) is 55.4 Å². The molecule has 7 heteroatoms. The third kappa shape index (κ3) is 3.39. The first-order chi connectivity index (χ1) is 12.5. The summed E-state index contributed by atoms with van der Waals surface area (Å²) in [5, 5.41) is 12.0. The Morgan fingerprint density at radius 3 is 2.73 bits per heavy atom. The van der Waals surface area contributed by atoms with Gasteiger partial charge in [-0.1, -0.05) is 0 Å². The van der Waals surface area contributed by atoms with E-state index in [1.54, 1.807) is 0 Å². The van der Waals surface area contributed by atoms with Crippen molar-refractivity contribution in [3.8, 4) is 0 Å². The molecule has 2 aliphatic rings. The molecule has 1 aliphatic carbocycles. The molecule has 140 valence electrons. The summed E-state index contributed by atoms with van der Waals surface area (Å²) < 4.78 is 1.90. The lowest BCUT2D eigenvalue weighted by atomic mass is 9.96. The highest BCUT2D eigenvalue weighted by molar-refractivity contribution is 5.76. The van der Waals surface area contributed by atoms with Crippen molar-refractivity contribution in [1.82, 2.24) is 29.9 Å². The van der Waals surface area contributed by atoms with Gasteiger partial charge in [0.15, 0.2) is 5.82 Å². The van der Waals surface area contributed by atoms with Gasteiger partial charge in [-0.25, -0.2) is 4.98 Å². The molecule has 1 saturated heterocycles. The van der Waals surface area contributed by atoms with Crippen LogP contribution < -0.4 is 0 Å². The molecule has 1 N–H and O–H groups in total. The van der Waals surface area contributed by atoms with Gasteiger partial charge in [0.1, 0.15) is 5.82 Å². The molecule has 1 saturated carbocycles. The molecule has 0 spiro atoms. The number of rotatable bonds is 5. The van der Waals surface area contributed by atoms with Crippen LogP contribution in [0.2, 0.25) is 0 Å². The van der Waals surface area contributed by atoms with Crippen LogP contribution in [-0.2, 0) is 18.3 Å². The minimum absolute atomic E-state index is 0.232. The van der Waals surface area contributed by atoms with Gasteiger partial charge in [-0.3, -0.25) is 14.6 Å². The van der Waals surface area contributed by atoms with Crippen molar-refractivity contribution in [2.45, 2.75) is 64.2 Å². The lowest BCUT2D eigenvalue weighted by Gasteiger charge is -2.31. The Kier molecular flexibility index (Phi) is 4.54. The van der Waals surface area contributed by atoms with Crippen molar-refractivity contribution in [3.05, 3.63) is 28.6 Å². The average Bonchev–Trinajstić information content (AvgIpc) is 3.32. The maximum absolute atomic E-state index is 12.8. The fourth-order valence-corrected chi connectivity index (χ4v) is 3.99. The second-order valence-corrected chi connectivity index (χ2v) is 7.81. The van der Waals surface area contributed by atoms with Gasteiger partial charge >= 0.3 is 0 Å². The summed E-state index contributed by atoms with van der Waals surface area (Å²) in [6.07, 6.45) is 5.83. The normalized spacial score (nSPS) is 20.6. The van der Waals surface area contributed by atoms with Crippen LogP contribution in [0.15, 0.2) is 0 Å². The van der Waals surface area contributed by atoms with Gasteiger partial charge in [0, 0.05) is 44.1 Å². The highest BCUT2D eigenvalue weighted by Gasteiger charge is 2.31. The minimum Gasteiger partial charge on any atom is -0.342 e. The number of aryl methyl sites for hydroxylation is 2. The largest absolute Gasteiger partial charge is 0.342 e. The Bertz CT molecular complexity index is 803. The van der Waals surface area contributed by atoms with Crippen molar-refractivity contribution >= 4 is 5.91 Å². The smallest absolute Gasteiger partial charge is 0.222 e. The topological polar surface area (TPSA) is 79.7 Å². The Morgan fingerprint density at radius 2 is 2.04 bits per heavy atom. The molecular weight excluding hydrogens is 328 g/mol. The number of hydrogen-bond donors (Lipinski definition) is 1. The van der Waals surface area contributed by atoms with E-state index in [1.807, 2.05) is 23.6 Å². The van der Waals surface area contributed by atoms with Crippen molar-refractivity contribution < 1.29 is 4.79 Å². The van der Waals surface area contributed by atoms with E-state index in [4.69, 9.17) is 4.98 Å². The first-order valence-electron chi connectivity index (χ1n) is 9.72. The zero-order valence-corrected chi connectivity index (χ0v) is 16.0. The van der Waals surface area contributed by atoms with Crippen LogP contribution in [-0.4, -0.2) is 48.9 Å². The molecule has 7 nitrogen and oxygen atoms in total. The standard InChI is InChI=1S/C19H28N6O/c1-12-16(13(2)24(3)23-12)8-9-17(26)25-10-4-5-15(11-25)19-20-18(21-22-19)14-6-7-14/h14-15H,4-11H2,1-3H3,(H,20,21,22)/t15-/m1/s1. The zero-order valence-electron chi connectivity index (χ0n) is 16.0. The Labute approximate surface area is 154 Å². The number of carbonyl (C=O) groups is 1. The van der Waals surface area contributed by atoms with Crippen LogP contribution in [0.1, 0.15) is 72.5 Å². The van der Waals surface area contributed by atoms with E-state index in [2.05, 4.69) is 22.2 Å². The van der Waals surface area contributed by atoms with Gasteiger partial charge in [0.25, 0.3) is 0 Å². The quantitative estimate of drug-likeness (QED) is 0.892. The molecule has 3 heterocycles. The first-order valence-corrected chi connectivity index (χ1v) is 9.72. The van der Waals surface area contributed by atoms with E-state index in [-0.39, 0.29) is 11.8 Å². The molecule has 2 aromatic rings. The number of aromatic amines is 1. The molecule has 4 rings (SSSR count). The predicted molar refractivity (Wildman–Crippen MR) is 97.9 cm³/mol. The number of aromatic nitrogens is 5. The molecule has 26 heavy (non-hydrogen) atoms. The average molecular weight is 356 g/mol. The number of piperidine rings is 1. The molecule has 0 aromatic carbocycles. The van der Waals surface area contributed by atoms with Crippen LogP contribution in [0.25, 0.3) is 0 Å². The number of nitrogens with zero attached hydrogens (tertiary/aromatic N) is 5. The molecule has 1 aliphatic heterocycles. The van der Waals surface area contributed by atoms with Crippen molar-refractivity contribution in [3.63, 3.8) is 0 Å². The molecule has 0 radical (unpaired) electrons. The minimum atomic E-state index is 0.232. The second kappa shape index (κ2) is 6.85. The third-order valence-corrected chi connectivity index (χ3v) is 5.87. The van der Waals surface area contributed by atoms with Crippen LogP contribution in [0.5, 0.6) is 0 Å². The van der Waals surface area contributed by atoms with E-state index in [9.17, 15) is 4.79 Å². The summed E-state index contributed by atoms with van der Waals surface area (Å²) in [7, 11) is 1.95. The Balaban J connectivity index is 1.36. The highest BCUT2D eigenvalue weighted by Crippen LogP contribution is 2.38. The highest BCUT2D eigenvalue weighted by atomic mass is 16.2. The number of H-pyrrole nitrogens is 1. The molecular formula is C19H28N6O. The van der Waals surface area contributed by atoms with Crippen molar-refractivity contribution in [2.75, 3.05) is 13.1 Å². The fourth-order valence-electron chi connectivity index (χ4n) is 3.99. The molecule has 2 aromatic heterocycles. The molecule has 2 fully saturated rings. The number of nitrogens with one attached hydrogen (secondary N) is 1. The second-order valence-electron chi connectivity index (χ2n) is 7.81. The van der Waals surface area contributed by atoms with Crippen molar-refractivity contribution in [1.29, 1.82) is 0 Å². The summed E-state index contributed by atoms with van der Waals surface area (Å²) in [5.74, 6) is 3.01. The molecule has 0 bridgehead atoms. The summed E-state index contributed by atoms with van der Waals surface area (Å²) in [4.78, 5) is 19.4. The lowest BCUT2D eigenvalue weighted by molar-refractivity contribution is -0.132. The van der Waals surface area contributed by atoms with Crippen LogP contribution in [0.3, 0.4) is 0 Å². The van der Waals surface area contributed by atoms with Crippen LogP contribution in [0.4, 0.5) is 0 Å². The van der Waals surface area contributed by atoms with Gasteiger partial charge in [-0.05, 0) is 51.5 Å². The van der Waals surface area contributed by atoms with Crippen molar-refractivity contribution in [2.24, 2.45) is 7.05 Å². The van der Waals surface area contributed by atoms with E-state index in [0.29, 0.717) is 12.3 Å². The first kappa shape index (κ1) is 17.2. The summed E-state index contributed by atoms with van der Waals surface area (Å²) >= 11 is 0. The summed E-state index contributed by atoms with van der Waals surface area (Å²) in [6.45, 7) is 5.67. The van der Waals surface area contributed by atoms with Gasteiger partial charge in [-0.2, -0.15) is 10.2 Å². The lowest BCUT2D eigenvalue weighted by Crippen LogP contribution is -2.39. The summed E-state index contributed by atoms with van der Waals surface area (Å²) in [5.41, 5.74) is 3.39. The number of carbonyl (C=O) groups excluding carboxylic acids is 1. The maximum atomic E-state index is 12.8. The fraction of sp³-hybridized carbons (Fsp3) is 0.684. The Morgan fingerprint density at radius 1 is 1.23 bits per heavy atom. The number of likely N-dealkylation sites (tertiary alicyclic amines) is 1. The van der Waals surface area contributed by atoms with Gasteiger partial charge in [0.2, 0.25) is 5.91 Å². The monoisotopic (exact) mass is 356 g/mol. The van der Waals surface area contributed by atoms with Crippen LogP contribution >= 0.6 is 0 Å². The van der Waals surface area contributed by atoms with E-state index >= 15 is 0 Å². The predicted octanol–water partition coefficient (Wildman–Crippen LogP) is 2.37. The molecule has 1 atom stereocenters. The van der Waals surface area contributed by atoms with Gasteiger partial charge in [0.05, 0.1) is 5.69 Å². The molecule has 1 amide bonds. The molecule has 0 unspecified atom stereocenters. The Hall–Kier alpha value is -2.18. The van der Waals surface area contributed by atoms with Gasteiger partial charge < -0.3 is 4.90 Å². The van der Waals surface area contributed by atoms with E-state index in [1.165, 1.54) is 18.4 Å². The maximum Gasteiger partial charge on any atom is 0.222 e. The number of amides is 1.